The Labute approximate surface area is 191 Å². The molecule has 2 aliphatic rings. The number of amides is 2. The number of hydrogen-bond acceptors (Lipinski definition) is 7. The number of carbonyl (C=O) groups is 1. The normalized spacial score (nSPS) is 16.8. The Hall–Kier alpha value is -4.01. The molecule has 1 atom stereocenters. The van der Waals surface area contributed by atoms with Crippen molar-refractivity contribution in [1.29, 1.82) is 0 Å². The fraction of sp³-hybridized carbons (Fsp3) is 0.292. The maximum atomic E-state index is 12.6. The Morgan fingerprint density at radius 1 is 1.09 bits per heavy atom. The summed E-state index contributed by atoms with van der Waals surface area (Å²) in [6.45, 7) is 2.16. The molecule has 33 heavy (non-hydrogen) atoms. The monoisotopic (exact) mass is 447 g/mol. The van der Waals surface area contributed by atoms with Gasteiger partial charge in [-0.15, -0.1) is 0 Å². The Kier molecular flexibility index (Phi) is 6.10. The van der Waals surface area contributed by atoms with Gasteiger partial charge in [-0.2, -0.15) is 0 Å². The number of nitrogens with zero attached hydrogens (tertiary/aromatic N) is 3. The molecule has 170 valence electrons. The highest BCUT2D eigenvalue weighted by Gasteiger charge is 2.23. The third-order valence-electron chi connectivity index (χ3n) is 5.53. The second kappa shape index (κ2) is 9.64. The summed E-state index contributed by atoms with van der Waals surface area (Å²) in [4.78, 5) is 23.3. The minimum atomic E-state index is -0.232. The third kappa shape index (κ3) is 5.25. The van der Waals surface area contributed by atoms with Crippen LogP contribution in [-0.2, 0) is 6.61 Å². The smallest absolute Gasteiger partial charge is 0.319 e. The zero-order valence-corrected chi connectivity index (χ0v) is 18.1. The summed E-state index contributed by atoms with van der Waals surface area (Å²) in [5.74, 6) is 2.79. The van der Waals surface area contributed by atoms with Gasteiger partial charge in [0.2, 0.25) is 12.7 Å². The molecule has 2 N–H and O–H groups in total. The van der Waals surface area contributed by atoms with Crippen molar-refractivity contribution in [2.24, 2.45) is 0 Å². The van der Waals surface area contributed by atoms with Gasteiger partial charge in [-0.25, -0.2) is 14.8 Å². The van der Waals surface area contributed by atoms with Gasteiger partial charge in [-0.05, 0) is 48.7 Å². The Morgan fingerprint density at radius 2 is 1.97 bits per heavy atom. The number of piperidine rings is 1. The Balaban J connectivity index is 1.14. The maximum absolute atomic E-state index is 12.6. The van der Waals surface area contributed by atoms with Crippen molar-refractivity contribution in [3.8, 4) is 17.2 Å². The lowest BCUT2D eigenvalue weighted by Gasteiger charge is -2.33. The van der Waals surface area contributed by atoms with Gasteiger partial charge < -0.3 is 29.7 Å². The van der Waals surface area contributed by atoms with Crippen molar-refractivity contribution >= 4 is 17.7 Å². The molecule has 0 aliphatic carbocycles. The molecule has 2 aromatic carbocycles. The van der Waals surface area contributed by atoms with Crippen molar-refractivity contribution in [3.63, 3.8) is 0 Å². The summed E-state index contributed by atoms with van der Waals surface area (Å²) in [6, 6.07) is 14.7. The minimum Gasteiger partial charge on any atom is -0.489 e. The number of aromatic nitrogens is 2. The zero-order valence-electron chi connectivity index (χ0n) is 18.1. The van der Waals surface area contributed by atoms with Gasteiger partial charge in [0.15, 0.2) is 11.5 Å². The maximum Gasteiger partial charge on any atom is 0.319 e. The van der Waals surface area contributed by atoms with Gasteiger partial charge in [-0.3, -0.25) is 0 Å². The highest BCUT2D eigenvalue weighted by molar-refractivity contribution is 5.89. The average molecular weight is 447 g/mol. The van der Waals surface area contributed by atoms with Crippen LogP contribution in [0.4, 0.5) is 16.4 Å². The molecule has 1 unspecified atom stereocenters. The van der Waals surface area contributed by atoms with E-state index in [0.717, 1.165) is 30.7 Å². The van der Waals surface area contributed by atoms with Crippen LogP contribution >= 0.6 is 0 Å². The van der Waals surface area contributed by atoms with E-state index in [1.54, 1.807) is 18.5 Å². The van der Waals surface area contributed by atoms with Gasteiger partial charge in [0.25, 0.3) is 0 Å². The van der Waals surface area contributed by atoms with E-state index < -0.39 is 0 Å². The quantitative estimate of drug-likeness (QED) is 0.596. The van der Waals surface area contributed by atoms with E-state index in [9.17, 15) is 4.79 Å². The van der Waals surface area contributed by atoms with E-state index in [4.69, 9.17) is 14.2 Å². The second-order valence-corrected chi connectivity index (χ2v) is 7.94. The van der Waals surface area contributed by atoms with Crippen LogP contribution in [0.2, 0.25) is 0 Å². The summed E-state index contributed by atoms with van der Waals surface area (Å²) < 4.78 is 16.6. The summed E-state index contributed by atoms with van der Waals surface area (Å²) >= 11 is 0. The summed E-state index contributed by atoms with van der Waals surface area (Å²) in [5, 5.41) is 5.99. The van der Waals surface area contributed by atoms with Gasteiger partial charge in [0.1, 0.15) is 12.4 Å². The molecule has 9 nitrogen and oxygen atoms in total. The average Bonchev–Trinajstić information content (AvgIpc) is 3.32. The molecular weight excluding hydrogens is 422 g/mol. The predicted molar refractivity (Wildman–Crippen MR) is 123 cm³/mol. The van der Waals surface area contributed by atoms with Crippen molar-refractivity contribution in [2.75, 3.05) is 30.1 Å². The van der Waals surface area contributed by atoms with Crippen LogP contribution in [0.5, 0.6) is 17.2 Å². The molecule has 3 heterocycles. The SMILES string of the molecule is O=C(Nc1cccc(COc2ccc3c(c2)OCO3)c1)NC1CCCN(c2ncccn2)C1. The summed E-state index contributed by atoms with van der Waals surface area (Å²) in [6.07, 6.45) is 5.35. The number of fused-ring (bicyclic) bond motifs is 1. The molecule has 0 bridgehead atoms. The number of ether oxygens (including phenoxy) is 3. The van der Waals surface area contributed by atoms with E-state index in [1.807, 2.05) is 42.5 Å². The van der Waals surface area contributed by atoms with E-state index in [2.05, 4.69) is 25.5 Å². The molecule has 0 spiro atoms. The van der Waals surface area contributed by atoms with Crippen molar-refractivity contribution < 1.29 is 19.0 Å². The van der Waals surface area contributed by atoms with Crippen LogP contribution in [0, 0.1) is 0 Å². The molecular formula is C24H25N5O4. The standard InChI is InChI=1S/C24H25N5O4/c30-24(28-19-6-2-11-29(14-19)23-25-9-3-10-26-23)27-18-5-1-4-17(12-18)15-31-20-7-8-21-22(13-20)33-16-32-21/h1,3-5,7-10,12-13,19H,2,6,11,14-16H2,(H2,27,28,30). The summed E-state index contributed by atoms with van der Waals surface area (Å²) in [7, 11) is 0. The Bertz CT molecular complexity index is 1110. The third-order valence-corrected chi connectivity index (χ3v) is 5.53. The van der Waals surface area contributed by atoms with E-state index in [1.165, 1.54) is 0 Å². The molecule has 2 aliphatic heterocycles. The largest absolute Gasteiger partial charge is 0.489 e. The molecule has 9 heteroatoms. The fourth-order valence-electron chi connectivity index (χ4n) is 3.96. The first-order chi connectivity index (χ1) is 16.2. The minimum absolute atomic E-state index is 0.0279. The first-order valence-electron chi connectivity index (χ1n) is 10.9. The first kappa shape index (κ1) is 20.9. The number of carbonyl (C=O) groups excluding carboxylic acids is 1. The number of hydrogen-bond donors (Lipinski definition) is 2. The van der Waals surface area contributed by atoms with Crippen molar-refractivity contribution in [1.82, 2.24) is 15.3 Å². The lowest BCUT2D eigenvalue weighted by Crippen LogP contribution is -2.49. The van der Waals surface area contributed by atoms with Gasteiger partial charge in [0.05, 0.1) is 0 Å². The predicted octanol–water partition coefficient (Wildman–Crippen LogP) is 3.57. The molecule has 1 fully saturated rings. The van der Waals surface area contributed by atoms with Crippen LogP contribution in [-0.4, -0.2) is 41.9 Å². The van der Waals surface area contributed by atoms with Gasteiger partial charge in [-0.1, -0.05) is 12.1 Å². The van der Waals surface area contributed by atoms with Gasteiger partial charge in [0, 0.05) is 43.3 Å². The van der Waals surface area contributed by atoms with Crippen LogP contribution in [0.15, 0.2) is 60.9 Å². The molecule has 2 amide bonds. The van der Waals surface area contributed by atoms with Crippen LogP contribution in [0.1, 0.15) is 18.4 Å². The lowest BCUT2D eigenvalue weighted by atomic mass is 10.1. The van der Waals surface area contributed by atoms with E-state index in [0.29, 0.717) is 36.3 Å². The second-order valence-electron chi connectivity index (χ2n) is 7.94. The topological polar surface area (TPSA) is 97.8 Å². The van der Waals surface area contributed by atoms with E-state index >= 15 is 0 Å². The highest BCUT2D eigenvalue weighted by atomic mass is 16.7. The number of rotatable bonds is 6. The highest BCUT2D eigenvalue weighted by Crippen LogP contribution is 2.35. The van der Waals surface area contributed by atoms with Crippen molar-refractivity contribution in [2.45, 2.75) is 25.5 Å². The first-order valence-corrected chi connectivity index (χ1v) is 10.9. The van der Waals surface area contributed by atoms with Crippen LogP contribution in [0.3, 0.4) is 0 Å². The lowest BCUT2D eigenvalue weighted by molar-refractivity contribution is 0.173. The molecule has 3 aromatic rings. The molecule has 0 radical (unpaired) electrons. The van der Waals surface area contributed by atoms with E-state index in [-0.39, 0.29) is 18.9 Å². The van der Waals surface area contributed by atoms with Crippen LogP contribution < -0.4 is 29.7 Å². The number of urea groups is 1. The number of nitrogens with one attached hydrogen (secondary N) is 2. The van der Waals surface area contributed by atoms with Crippen LogP contribution in [0.25, 0.3) is 0 Å². The molecule has 0 saturated carbocycles. The summed E-state index contributed by atoms with van der Waals surface area (Å²) in [5.41, 5.74) is 1.65. The molecule has 5 rings (SSSR count). The number of benzene rings is 2. The fourth-order valence-corrected chi connectivity index (χ4v) is 3.96. The zero-order chi connectivity index (χ0) is 22.5. The van der Waals surface area contributed by atoms with Gasteiger partial charge >= 0.3 is 6.03 Å². The number of anilines is 2. The Morgan fingerprint density at radius 3 is 2.88 bits per heavy atom. The molecule has 1 saturated heterocycles. The molecule has 1 aromatic heterocycles. The van der Waals surface area contributed by atoms with Crippen molar-refractivity contribution in [3.05, 3.63) is 66.5 Å².